The van der Waals surface area contributed by atoms with Crippen LogP contribution in [0.2, 0.25) is 0 Å². The molecule has 1 aromatic rings. The molecule has 1 aliphatic heterocycles. The lowest BCUT2D eigenvalue weighted by molar-refractivity contribution is 0.0358. The Labute approximate surface area is 124 Å². The Hall–Kier alpha value is -2.10. The molecule has 0 bridgehead atoms. The van der Waals surface area contributed by atoms with Crippen molar-refractivity contribution >= 4 is 11.7 Å². The Balaban J connectivity index is 1.61. The summed E-state index contributed by atoms with van der Waals surface area (Å²) in [5.74, 6) is 0. The molecular weight excluding hydrogens is 268 g/mol. The number of benzene rings is 1. The molecule has 21 heavy (non-hydrogen) atoms. The number of carbonyl (C=O) groups excluding carboxylic acids is 1. The van der Waals surface area contributed by atoms with E-state index < -0.39 is 0 Å². The van der Waals surface area contributed by atoms with Crippen LogP contribution in [0.15, 0.2) is 24.3 Å². The molecule has 0 aromatic heterocycles. The third-order valence-electron chi connectivity index (χ3n) is 3.30. The van der Waals surface area contributed by atoms with Gasteiger partial charge in [0.25, 0.3) is 0 Å². The van der Waals surface area contributed by atoms with E-state index in [1.54, 1.807) is 24.3 Å². The number of nitriles is 1. The molecule has 2 rings (SSSR count). The summed E-state index contributed by atoms with van der Waals surface area (Å²) >= 11 is 0. The number of rotatable bonds is 5. The van der Waals surface area contributed by atoms with E-state index in [1.807, 2.05) is 6.07 Å². The van der Waals surface area contributed by atoms with Gasteiger partial charge in [0.15, 0.2) is 0 Å². The van der Waals surface area contributed by atoms with Crippen LogP contribution in [0.3, 0.4) is 0 Å². The SMILES string of the molecule is N#Cc1ccc(NC(=O)NCCOC2CCNCC2)cc1. The number of amides is 2. The molecule has 0 spiro atoms. The molecule has 112 valence electrons. The molecule has 6 nitrogen and oxygen atoms in total. The number of anilines is 1. The Bertz CT molecular complexity index is 489. The van der Waals surface area contributed by atoms with Crippen LogP contribution in [0.25, 0.3) is 0 Å². The summed E-state index contributed by atoms with van der Waals surface area (Å²) in [5.41, 5.74) is 1.22. The molecule has 0 saturated carbocycles. The van der Waals surface area contributed by atoms with Crippen LogP contribution >= 0.6 is 0 Å². The first-order valence-corrected chi connectivity index (χ1v) is 7.15. The van der Waals surface area contributed by atoms with Crippen molar-refractivity contribution < 1.29 is 9.53 Å². The number of nitrogens with one attached hydrogen (secondary N) is 3. The third kappa shape index (κ3) is 5.42. The summed E-state index contributed by atoms with van der Waals surface area (Å²) in [6.45, 7) is 2.99. The molecular formula is C15H20N4O2. The van der Waals surface area contributed by atoms with Crippen LogP contribution in [-0.4, -0.2) is 38.4 Å². The molecule has 1 aliphatic rings. The highest BCUT2D eigenvalue weighted by atomic mass is 16.5. The smallest absolute Gasteiger partial charge is 0.319 e. The summed E-state index contributed by atoms with van der Waals surface area (Å²) in [5, 5.41) is 17.4. The molecule has 1 fully saturated rings. The summed E-state index contributed by atoms with van der Waals surface area (Å²) in [7, 11) is 0. The number of hydrogen-bond donors (Lipinski definition) is 3. The zero-order valence-electron chi connectivity index (χ0n) is 11.9. The highest BCUT2D eigenvalue weighted by Gasteiger charge is 2.12. The minimum absolute atomic E-state index is 0.270. The van der Waals surface area contributed by atoms with E-state index >= 15 is 0 Å². The lowest BCUT2D eigenvalue weighted by atomic mass is 10.1. The molecule has 0 radical (unpaired) electrons. The van der Waals surface area contributed by atoms with Gasteiger partial charge in [-0.15, -0.1) is 0 Å². The van der Waals surface area contributed by atoms with Crippen LogP contribution in [0, 0.1) is 11.3 Å². The van der Waals surface area contributed by atoms with Gasteiger partial charge < -0.3 is 20.7 Å². The second kappa shape index (κ2) is 8.25. The standard InChI is InChI=1S/C15H20N4O2/c16-11-12-1-3-13(4-2-12)19-15(20)18-9-10-21-14-5-7-17-8-6-14/h1-4,14,17H,5-10H2,(H2,18,19,20). The number of hydrogen-bond acceptors (Lipinski definition) is 4. The highest BCUT2D eigenvalue weighted by Crippen LogP contribution is 2.08. The van der Waals surface area contributed by atoms with Crippen molar-refractivity contribution in [3.63, 3.8) is 0 Å². The molecule has 6 heteroatoms. The maximum absolute atomic E-state index is 11.7. The van der Waals surface area contributed by atoms with Crippen molar-refractivity contribution in [2.45, 2.75) is 18.9 Å². The van der Waals surface area contributed by atoms with Gasteiger partial charge in [-0.05, 0) is 50.2 Å². The molecule has 0 aliphatic carbocycles. The van der Waals surface area contributed by atoms with Crippen LogP contribution in [-0.2, 0) is 4.74 Å². The molecule has 1 aromatic carbocycles. The van der Waals surface area contributed by atoms with Crippen LogP contribution in [0.4, 0.5) is 10.5 Å². The number of carbonyl (C=O) groups is 1. The number of nitrogens with zero attached hydrogens (tertiary/aromatic N) is 1. The van der Waals surface area contributed by atoms with Crippen LogP contribution < -0.4 is 16.0 Å². The van der Waals surface area contributed by atoms with Gasteiger partial charge in [-0.3, -0.25) is 0 Å². The first-order valence-electron chi connectivity index (χ1n) is 7.15. The highest BCUT2D eigenvalue weighted by molar-refractivity contribution is 5.89. The Morgan fingerprint density at radius 2 is 2.05 bits per heavy atom. The second-order valence-electron chi connectivity index (χ2n) is 4.89. The maximum atomic E-state index is 11.7. The fraction of sp³-hybridized carbons (Fsp3) is 0.467. The number of piperidine rings is 1. The van der Waals surface area contributed by atoms with Gasteiger partial charge >= 0.3 is 6.03 Å². The largest absolute Gasteiger partial charge is 0.376 e. The van der Waals surface area contributed by atoms with E-state index in [1.165, 1.54) is 0 Å². The van der Waals surface area contributed by atoms with Crippen molar-refractivity contribution in [2.75, 3.05) is 31.6 Å². The first-order chi connectivity index (χ1) is 10.3. The predicted molar refractivity (Wildman–Crippen MR) is 80.0 cm³/mol. The lowest BCUT2D eigenvalue weighted by Gasteiger charge is -2.22. The normalized spacial score (nSPS) is 15.2. The van der Waals surface area contributed by atoms with Crippen LogP contribution in [0.1, 0.15) is 18.4 Å². The fourth-order valence-electron chi connectivity index (χ4n) is 2.16. The van der Waals surface area contributed by atoms with Crippen molar-refractivity contribution in [3.05, 3.63) is 29.8 Å². The zero-order chi connectivity index (χ0) is 14.9. The fourth-order valence-corrected chi connectivity index (χ4v) is 2.16. The van der Waals surface area contributed by atoms with Crippen molar-refractivity contribution in [2.24, 2.45) is 0 Å². The quantitative estimate of drug-likeness (QED) is 0.716. The third-order valence-corrected chi connectivity index (χ3v) is 3.30. The van der Waals surface area contributed by atoms with Gasteiger partial charge in [0.2, 0.25) is 0 Å². The average Bonchev–Trinajstić information content (AvgIpc) is 2.53. The van der Waals surface area contributed by atoms with E-state index in [0.29, 0.717) is 30.5 Å². The van der Waals surface area contributed by atoms with Crippen molar-refractivity contribution in [1.82, 2.24) is 10.6 Å². The van der Waals surface area contributed by atoms with Gasteiger partial charge in [-0.1, -0.05) is 0 Å². The topological polar surface area (TPSA) is 86.2 Å². The minimum atomic E-state index is -0.270. The molecule has 1 heterocycles. The number of ether oxygens (including phenoxy) is 1. The van der Waals surface area contributed by atoms with Gasteiger partial charge in [0.05, 0.1) is 24.3 Å². The lowest BCUT2D eigenvalue weighted by Crippen LogP contribution is -2.35. The Morgan fingerprint density at radius 1 is 1.33 bits per heavy atom. The maximum Gasteiger partial charge on any atom is 0.319 e. The number of urea groups is 1. The molecule has 0 atom stereocenters. The summed E-state index contributed by atoms with van der Waals surface area (Å²) in [6, 6.07) is 8.48. The molecule has 3 N–H and O–H groups in total. The van der Waals surface area contributed by atoms with E-state index in [4.69, 9.17) is 10.00 Å². The Kier molecular flexibility index (Phi) is 6.00. The van der Waals surface area contributed by atoms with E-state index in [9.17, 15) is 4.79 Å². The molecule has 0 unspecified atom stereocenters. The zero-order valence-corrected chi connectivity index (χ0v) is 11.9. The first kappa shape index (κ1) is 15.3. The predicted octanol–water partition coefficient (Wildman–Crippen LogP) is 1.45. The van der Waals surface area contributed by atoms with E-state index in [0.717, 1.165) is 25.9 Å². The second-order valence-corrected chi connectivity index (χ2v) is 4.89. The van der Waals surface area contributed by atoms with E-state index in [-0.39, 0.29) is 6.03 Å². The van der Waals surface area contributed by atoms with Gasteiger partial charge in [0.1, 0.15) is 0 Å². The van der Waals surface area contributed by atoms with E-state index in [2.05, 4.69) is 16.0 Å². The summed E-state index contributed by atoms with van der Waals surface area (Å²) in [4.78, 5) is 11.7. The monoisotopic (exact) mass is 288 g/mol. The minimum Gasteiger partial charge on any atom is -0.376 e. The summed E-state index contributed by atoms with van der Waals surface area (Å²) < 4.78 is 5.70. The van der Waals surface area contributed by atoms with Crippen molar-refractivity contribution in [3.8, 4) is 6.07 Å². The Morgan fingerprint density at radius 3 is 2.71 bits per heavy atom. The molecule has 1 saturated heterocycles. The summed E-state index contributed by atoms with van der Waals surface area (Å²) in [6.07, 6.45) is 2.35. The average molecular weight is 288 g/mol. The van der Waals surface area contributed by atoms with Gasteiger partial charge in [-0.2, -0.15) is 5.26 Å². The van der Waals surface area contributed by atoms with Crippen molar-refractivity contribution in [1.29, 1.82) is 5.26 Å². The van der Waals surface area contributed by atoms with Gasteiger partial charge in [0, 0.05) is 12.2 Å². The molecule has 2 amide bonds. The van der Waals surface area contributed by atoms with Gasteiger partial charge in [-0.25, -0.2) is 4.79 Å². The van der Waals surface area contributed by atoms with Crippen LogP contribution in [0.5, 0.6) is 0 Å².